The number of hydrogen-bond acceptors (Lipinski definition) is 3. The molecule has 0 radical (unpaired) electrons. The monoisotopic (exact) mass is 505 g/mol. The highest BCUT2D eigenvalue weighted by Crippen LogP contribution is 2.37. The van der Waals surface area contributed by atoms with Gasteiger partial charge in [-0.05, 0) is 71.1 Å². The van der Waals surface area contributed by atoms with Crippen molar-refractivity contribution < 1.29 is 13.9 Å². The second-order valence-electron chi connectivity index (χ2n) is 7.40. The molecule has 3 rings (SSSR count). The molecule has 0 bridgehead atoms. The highest BCUT2D eigenvalue weighted by Gasteiger charge is 2.15. The molecule has 0 aromatic heterocycles. The van der Waals surface area contributed by atoms with E-state index in [1.54, 1.807) is 19.2 Å². The molecule has 1 atom stereocenters. The maximum Gasteiger partial charge on any atom is 0.175 e. The van der Waals surface area contributed by atoms with Crippen LogP contribution in [0.25, 0.3) is 0 Å². The molecule has 0 aliphatic rings. The summed E-state index contributed by atoms with van der Waals surface area (Å²) in [5.41, 5.74) is 2.72. The van der Waals surface area contributed by atoms with E-state index in [4.69, 9.17) is 21.1 Å². The molecule has 6 heteroatoms. The topological polar surface area (TPSA) is 30.5 Å². The summed E-state index contributed by atoms with van der Waals surface area (Å²) in [6, 6.07) is 19.3. The molecule has 0 aliphatic heterocycles. The molecule has 0 amide bonds. The summed E-state index contributed by atoms with van der Waals surface area (Å²) >= 11 is 9.66. The first-order chi connectivity index (χ1) is 15.0. The number of halogens is 3. The minimum absolute atomic E-state index is 0.00852. The summed E-state index contributed by atoms with van der Waals surface area (Å²) in [5.74, 6) is 0.700. The van der Waals surface area contributed by atoms with E-state index in [2.05, 4.69) is 52.4 Å². The predicted molar refractivity (Wildman–Crippen MR) is 128 cm³/mol. The van der Waals surface area contributed by atoms with Gasteiger partial charge in [-0.2, -0.15) is 0 Å². The first-order valence-electron chi connectivity index (χ1n) is 10.2. The minimum Gasteiger partial charge on any atom is -0.493 e. The van der Waals surface area contributed by atoms with Gasteiger partial charge in [-0.1, -0.05) is 48.0 Å². The maximum absolute atomic E-state index is 14.0. The number of methoxy groups -OCH3 is 1. The number of aryl methyl sites for hydroxylation is 1. The van der Waals surface area contributed by atoms with Gasteiger partial charge in [0.05, 0.1) is 16.6 Å². The van der Waals surface area contributed by atoms with Crippen LogP contribution in [0.15, 0.2) is 65.1 Å². The van der Waals surface area contributed by atoms with Gasteiger partial charge in [0.15, 0.2) is 11.5 Å². The first-order valence-corrected chi connectivity index (χ1v) is 11.3. The zero-order chi connectivity index (χ0) is 22.2. The fourth-order valence-corrected chi connectivity index (χ4v) is 4.07. The molecule has 3 nitrogen and oxygen atoms in total. The molecule has 1 N–H and O–H groups in total. The van der Waals surface area contributed by atoms with Gasteiger partial charge < -0.3 is 14.8 Å². The van der Waals surface area contributed by atoms with Crippen molar-refractivity contribution in [3.8, 4) is 11.5 Å². The van der Waals surface area contributed by atoms with E-state index in [1.807, 2.05) is 18.2 Å². The van der Waals surface area contributed by atoms with E-state index in [-0.39, 0.29) is 6.61 Å². The third-order valence-corrected chi connectivity index (χ3v) is 6.02. The van der Waals surface area contributed by atoms with Gasteiger partial charge in [-0.15, -0.1) is 0 Å². The Balaban J connectivity index is 1.61. The van der Waals surface area contributed by atoms with Gasteiger partial charge in [0.2, 0.25) is 0 Å². The van der Waals surface area contributed by atoms with Crippen molar-refractivity contribution >= 4 is 27.5 Å². The Hall–Kier alpha value is -2.08. The maximum atomic E-state index is 14.0. The lowest BCUT2D eigenvalue weighted by Gasteiger charge is -2.17. The van der Waals surface area contributed by atoms with Gasteiger partial charge in [0.25, 0.3) is 0 Å². The Morgan fingerprint density at radius 3 is 2.55 bits per heavy atom. The molecule has 3 aromatic carbocycles. The number of hydrogen-bond donors (Lipinski definition) is 1. The first kappa shape index (κ1) is 23.6. The van der Waals surface area contributed by atoms with Crippen LogP contribution in [0, 0.1) is 5.82 Å². The molecule has 164 valence electrons. The summed E-state index contributed by atoms with van der Waals surface area (Å²) in [7, 11) is 1.59. The summed E-state index contributed by atoms with van der Waals surface area (Å²) in [5, 5.41) is 3.89. The lowest BCUT2D eigenvalue weighted by molar-refractivity contribution is 0.277. The molecule has 0 saturated heterocycles. The van der Waals surface area contributed by atoms with E-state index in [9.17, 15) is 4.39 Å². The Morgan fingerprint density at radius 2 is 1.84 bits per heavy atom. The zero-order valence-corrected chi connectivity index (χ0v) is 20.0. The van der Waals surface area contributed by atoms with Crippen molar-refractivity contribution in [2.45, 2.75) is 39.0 Å². The summed E-state index contributed by atoms with van der Waals surface area (Å²) in [6.07, 6.45) is 2.08. The zero-order valence-electron chi connectivity index (χ0n) is 17.6. The van der Waals surface area contributed by atoms with Gasteiger partial charge in [-0.25, -0.2) is 4.39 Å². The Morgan fingerprint density at radius 1 is 1.06 bits per heavy atom. The smallest absolute Gasteiger partial charge is 0.175 e. The van der Waals surface area contributed by atoms with Crippen molar-refractivity contribution in [3.63, 3.8) is 0 Å². The second-order valence-corrected chi connectivity index (χ2v) is 8.67. The van der Waals surface area contributed by atoms with Crippen LogP contribution in [0.5, 0.6) is 11.5 Å². The van der Waals surface area contributed by atoms with Crippen LogP contribution in [0.1, 0.15) is 30.0 Å². The van der Waals surface area contributed by atoms with E-state index >= 15 is 0 Å². The van der Waals surface area contributed by atoms with Crippen molar-refractivity contribution in [2.24, 2.45) is 0 Å². The van der Waals surface area contributed by atoms with E-state index in [0.29, 0.717) is 34.7 Å². The summed E-state index contributed by atoms with van der Waals surface area (Å²) in [6.45, 7) is 2.89. The van der Waals surface area contributed by atoms with Crippen LogP contribution in [-0.4, -0.2) is 13.2 Å². The fourth-order valence-electron chi connectivity index (χ4n) is 3.25. The highest BCUT2D eigenvalue weighted by atomic mass is 79.9. The van der Waals surface area contributed by atoms with Gasteiger partial charge in [0.1, 0.15) is 12.4 Å². The van der Waals surface area contributed by atoms with E-state index < -0.39 is 5.82 Å². The molecule has 0 heterocycles. The van der Waals surface area contributed by atoms with E-state index in [0.717, 1.165) is 22.9 Å². The lowest BCUT2D eigenvalue weighted by atomic mass is 10.1. The van der Waals surface area contributed by atoms with E-state index in [1.165, 1.54) is 11.6 Å². The summed E-state index contributed by atoms with van der Waals surface area (Å²) in [4.78, 5) is 0. The van der Waals surface area contributed by atoms with Crippen molar-refractivity contribution in [1.82, 2.24) is 5.32 Å². The molecule has 0 fully saturated rings. The number of rotatable bonds is 10. The van der Waals surface area contributed by atoms with Crippen LogP contribution >= 0.6 is 27.5 Å². The standard InChI is InChI=1S/C25H26BrClFNO2/c1-17(11-12-18-7-4-3-5-8-18)29-15-19-13-21(26)25(24(14-19)30-2)31-16-20-22(27)9-6-10-23(20)28/h3-10,13-14,17,29H,11-12,15-16H2,1-2H3/t17-/m1/s1. The van der Waals surface area contributed by atoms with Crippen LogP contribution in [0.3, 0.4) is 0 Å². The fraction of sp³-hybridized carbons (Fsp3) is 0.280. The second kappa shape index (κ2) is 11.5. The quantitative estimate of drug-likeness (QED) is 0.323. The van der Waals surface area contributed by atoms with Gasteiger partial charge in [-0.3, -0.25) is 0 Å². The normalized spacial score (nSPS) is 11.9. The average Bonchev–Trinajstić information content (AvgIpc) is 2.77. The van der Waals surface area contributed by atoms with Gasteiger partial charge in [0, 0.05) is 18.2 Å². The Labute approximate surface area is 196 Å². The SMILES string of the molecule is COc1cc(CN[C@H](C)CCc2ccccc2)cc(Br)c1OCc1c(F)cccc1Cl. The number of nitrogens with one attached hydrogen (secondary N) is 1. The van der Waals surface area contributed by atoms with Gasteiger partial charge >= 0.3 is 0 Å². The predicted octanol–water partition coefficient (Wildman–Crippen LogP) is 6.94. The molecular weight excluding hydrogens is 481 g/mol. The minimum atomic E-state index is -0.395. The molecular formula is C25H26BrClFNO2. The molecule has 0 unspecified atom stereocenters. The van der Waals surface area contributed by atoms with Crippen molar-refractivity contribution in [3.05, 3.63) is 92.7 Å². The molecule has 3 aromatic rings. The van der Waals surface area contributed by atoms with Crippen molar-refractivity contribution in [2.75, 3.05) is 7.11 Å². The third-order valence-electron chi connectivity index (χ3n) is 5.08. The third kappa shape index (κ3) is 6.70. The van der Waals surface area contributed by atoms with Crippen molar-refractivity contribution in [1.29, 1.82) is 0 Å². The number of ether oxygens (including phenoxy) is 2. The molecule has 0 aliphatic carbocycles. The Bertz CT molecular complexity index is 980. The largest absolute Gasteiger partial charge is 0.493 e. The molecule has 0 saturated carbocycles. The summed E-state index contributed by atoms with van der Waals surface area (Å²) < 4.78 is 26.2. The van der Waals surface area contributed by atoms with Crippen LogP contribution in [0.4, 0.5) is 4.39 Å². The van der Waals surface area contributed by atoms with Crippen LogP contribution in [0.2, 0.25) is 5.02 Å². The Kier molecular flexibility index (Phi) is 8.76. The van der Waals surface area contributed by atoms with Crippen LogP contribution < -0.4 is 14.8 Å². The lowest BCUT2D eigenvalue weighted by Crippen LogP contribution is -2.26. The highest BCUT2D eigenvalue weighted by molar-refractivity contribution is 9.10. The van der Waals surface area contributed by atoms with Crippen LogP contribution in [-0.2, 0) is 19.6 Å². The number of benzene rings is 3. The molecule has 0 spiro atoms. The molecule has 31 heavy (non-hydrogen) atoms. The average molecular weight is 507 g/mol.